The van der Waals surface area contributed by atoms with Gasteiger partial charge in [-0.1, -0.05) is 0 Å². The average Bonchev–Trinajstić information content (AvgIpc) is 2.47. The van der Waals surface area contributed by atoms with Gasteiger partial charge in [0.15, 0.2) is 23.0 Å². The first-order valence-corrected chi connectivity index (χ1v) is 4.56. The molecule has 0 aliphatic heterocycles. The second kappa shape index (κ2) is 4.45. The third kappa shape index (κ3) is 2.11. The molecule has 1 rings (SSSR count). The highest BCUT2D eigenvalue weighted by atomic mass is 127. The van der Waals surface area contributed by atoms with Crippen LogP contribution in [-0.4, -0.2) is 22.4 Å². The molecule has 0 bridgehead atoms. The van der Waals surface area contributed by atoms with Crippen LogP contribution in [0.25, 0.3) is 0 Å². The van der Waals surface area contributed by atoms with Crippen LogP contribution in [-0.2, 0) is 11.8 Å². The molecule has 0 N–H and O–H groups in total. The Hall–Kier alpha value is -0.790. The maximum atomic E-state index is 11.3. The van der Waals surface area contributed by atoms with Gasteiger partial charge in [0.1, 0.15) is 5.56 Å². The zero-order chi connectivity index (χ0) is 9.84. The summed E-state index contributed by atoms with van der Waals surface area (Å²) in [6.45, 7) is 2.09. The minimum absolute atomic E-state index is 0.342. The predicted molar refractivity (Wildman–Crippen MR) is 53.8 cm³/mol. The van der Waals surface area contributed by atoms with Gasteiger partial charge in [-0.25, -0.2) is 9.48 Å². The van der Waals surface area contributed by atoms with Gasteiger partial charge in [-0.2, -0.15) is 5.10 Å². The van der Waals surface area contributed by atoms with Gasteiger partial charge in [0.25, 0.3) is 0 Å². The van der Waals surface area contributed by atoms with Crippen LogP contribution in [0.15, 0.2) is 6.20 Å². The van der Waals surface area contributed by atoms with Crippen LogP contribution < -0.4 is 3.07 Å². The van der Waals surface area contributed by atoms with Crippen LogP contribution in [0.2, 0.25) is 0 Å². The monoisotopic (exact) mass is 296 g/mol. The topological polar surface area (TPSA) is 53.3 Å². The van der Waals surface area contributed by atoms with E-state index in [1.165, 1.54) is 10.9 Å². The number of ether oxygens (including phenoxy) is 1. The number of carbonyl (C=O) groups is 1. The van der Waals surface area contributed by atoms with Gasteiger partial charge in [-0.05, 0) is 6.92 Å². The minimum Gasteiger partial charge on any atom is -0.462 e. The summed E-state index contributed by atoms with van der Waals surface area (Å²) in [5.74, 6) is -0.0127. The van der Waals surface area contributed by atoms with Crippen molar-refractivity contribution in [2.75, 3.05) is 6.61 Å². The van der Waals surface area contributed by atoms with Crippen molar-refractivity contribution in [2.45, 2.75) is 6.92 Å². The van der Waals surface area contributed by atoms with Crippen molar-refractivity contribution >= 4 is 29.0 Å². The molecule has 0 saturated carbocycles. The van der Waals surface area contributed by atoms with Crippen molar-refractivity contribution < 1.29 is 12.6 Å². The summed E-state index contributed by atoms with van der Waals surface area (Å²) in [6.07, 6.45) is 1.42. The quantitative estimate of drug-likeness (QED) is 0.623. The summed E-state index contributed by atoms with van der Waals surface area (Å²) in [6, 6.07) is 0. The molecule has 13 heavy (non-hydrogen) atoms. The van der Waals surface area contributed by atoms with Gasteiger partial charge in [-0.3, -0.25) is 0 Å². The second-order valence-corrected chi connectivity index (χ2v) is 2.73. The van der Waals surface area contributed by atoms with E-state index < -0.39 is 5.97 Å². The molecule has 5 nitrogen and oxygen atoms in total. The number of halogens is 1. The van der Waals surface area contributed by atoms with Gasteiger partial charge in [0.2, 0.25) is 5.88 Å². The van der Waals surface area contributed by atoms with E-state index in [9.17, 15) is 4.79 Å². The molecule has 0 radical (unpaired) electrons. The Morgan fingerprint density at radius 3 is 3.00 bits per heavy atom. The summed E-state index contributed by atoms with van der Waals surface area (Å²) in [4.78, 5) is 11.3. The van der Waals surface area contributed by atoms with Crippen LogP contribution >= 0.6 is 23.0 Å². The highest BCUT2D eigenvalue weighted by Crippen LogP contribution is 2.19. The standard InChI is InChI=1S/C7H9IN2O3/c1-3-12-7(11)5-4-9-10(2)6(5)13-8/h4H,3H2,1-2H3. The average molecular weight is 296 g/mol. The first kappa shape index (κ1) is 10.3. The van der Waals surface area contributed by atoms with Crippen LogP contribution in [0.1, 0.15) is 17.3 Å². The fraction of sp³-hybridized carbons (Fsp3) is 0.429. The first-order chi connectivity index (χ1) is 6.20. The van der Waals surface area contributed by atoms with E-state index in [2.05, 4.69) is 5.10 Å². The lowest BCUT2D eigenvalue weighted by Gasteiger charge is -2.01. The van der Waals surface area contributed by atoms with Crippen molar-refractivity contribution in [3.8, 4) is 5.88 Å². The molecule has 0 aliphatic rings. The summed E-state index contributed by atoms with van der Waals surface area (Å²) in [5, 5.41) is 3.88. The number of nitrogens with zero attached hydrogens (tertiary/aromatic N) is 2. The third-order valence-corrected chi connectivity index (χ3v) is 1.87. The maximum absolute atomic E-state index is 11.3. The molecule has 0 saturated heterocycles. The molecule has 72 valence electrons. The van der Waals surface area contributed by atoms with E-state index in [1.54, 1.807) is 37.0 Å². The minimum atomic E-state index is -0.415. The Bertz CT molecular complexity index is 311. The van der Waals surface area contributed by atoms with E-state index in [0.29, 0.717) is 18.1 Å². The lowest BCUT2D eigenvalue weighted by molar-refractivity contribution is 0.0524. The van der Waals surface area contributed by atoms with E-state index in [0.717, 1.165) is 0 Å². The van der Waals surface area contributed by atoms with Gasteiger partial charge in [0.05, 0.1) is 12.8 Å². The fourth-order valence-corrected chi connectivity index (χ4v) is 1.39. The number of carbonyl (C=O) groups excluding carboxylic acids is 1. The lowest BCUT2D eigenvalue weighted by atomic mass is 10.3. The molecular weight excluding hydrogens is 287 g/mol. The summed E-state index contributed by atoms with van der Waals surface area (Å²) >= 11 is 1.69. The molecule has 6 heteroatoms. The summed E-state index contributed by atoms with van der Waals surface area (Å²) < 4.78 is 11.2. The number of hydrogen-bond donors (Lipinski definition) is 0. The Morgan fingerprint density at radius 1 is 1.77 bits per heavy atom. The van der Waals surface area contributed by atoms with E-state index in [1.807, 2.05) is 0 Å². The molecule has 0 atom stereocenters. The zero-order valence-corrected chi connectivity index (χ0v) is 9.44. The molecule has 0 spiro atoms. The zero-order valence-electron chi connectivity index (χ0n) is 7.28. The third-order valence-electron chi connectivity index (χ3n) is 1.45. The molecule has 0 aliphatic carbocycles. The second-order valence-electron chi connectivity index (χ2n) is 2.28. The molecule has 0 aromatic carbocycles. The fourth-order valence-electron chi connectivity index (χ4n) is 0.867. The molecule has 1 aromatic heterocycles. The van der Waals surface area contributed by atoms with Crippen molar-refractivity contribution in [3.63, 3.8) is 0 Å². The lowest BCUT2D eigenvalue weighted by Crippen LogP contribution is -2.05. The van der Waals surface area contributed by atoms with E-state index >= 15 is 0 Å². The summed E-state index contributed by atoms with van der Waals surface area (Å²) in [5.41, 5.74) is 0.346. The SMILES string of the molecule is CCOC(=O)c1cnn(C)c1OI. The van der Waals surface area contributed by atoms with Crippen molar-refractivity contribution in [1.29, 1.82) is 0 Å². The maximum Gasteiger partial charge on any atom is 0.345 e. The first-order valence-electron chi connectivity index (χ1n) is 3.68. The van der Waals surface area contributed by atoms with Gasteiger partial charge in [-0.15, -0.1) is 0 Å². The molecule has 0 amide bonds. The van der Waals surface area contributed by atoms with Crippen LogP contribution in [0, 0.1) is 0 Å². The molecular formula is C7H9IN2O3. The summed E-state index contributed by atoms with van der Waals surface area (Å²) in [7, 11) is 1.69. The largest absolute Gasteiger partial charge is 0.462 e. The van der Waals surface area contributed by atoms with Gasteiger partial charge < -0.3 is 7.80 Å². The Morgan fingerprint density at radius 2 is 2.46 bits per heavy atom. The Kier molecular flexibility index (Phi) is 3.52. The predicted octanol–water partition coefficient (Wildman–Crippen LogP) is 1.33. The highest BCUT2D eigenvalue weighted by Gasteiger charge is 2.17. The number of aryl methyl sites for hydroxylation is 1. The van der Waals surface area contributed by atoms with Crippen molar-refractivity contribution in [3.05, 3.63) is 11.8 Å². The Labute approximate surface area is 89.7 Å². The van der Waals surface area contributed by atoms with Crippen molar-refractivity contribution in [2.24, 2.45) is 7.05 Å². The van der Waals surface area contributed by atoms with E-state index in [4.69, 9.17) is 7.80 Å². The molecule has 1 heterocycles. The van der Waals surface area contributed by atoms with Gasteiger partial charge >= 0.3 is 5.97 Å². The smallest absolute Gasteiger partial charge is 0.345 e. The molecule has 0 fully saturated rings. The van der Waals surface area contributed by atoms with Crippen LogP contribution in [0.3, 0.4) is 0 Å². The number of esters is 1. The molecule has 1 aromatic rings. The normalized spacial score (nSPS) is 9.77. The van der Waals surface area contributed by atoms with E-state index in [-0.39, 0.29) is 0 Å². The molecule has 0 unspecified atom stereocenters. The number of aromatic nitrogens is 2. The van der Waals surface area contributed by atoms with Crippen LogP contribution in [0.4, 0.5) is 0 Å². The van der Waals surface area contributed by atoms with Gasteiger partial charge in [0, 0.05) is 7.05 Å². The van der Waals surface area contributed by atoms with Crippen molar-refractivity contribution in [1.82, 2.24) is 9.78 Å². The highest BCUT2D eigenvalue weighted by molar-refractivity contribution is 14.1. The Balaban J connectivity index is 2.93. The number of rotatable bonds is 3. The van der Waals surface area contributed by atoms with Crippen LogP contribution in [0.5, 0.6) is 5.88 Å². The number of hydrogen-bond acceptors (Lipinski definition) is 4.